The van der Waals surface area contributed by atoms with Crippen LogP contribution in [0.3, 0.4) is 0 Å². The standard InChI is InChI=1S/C24H19N4/c1-17-7-2-4-11-21(17)23-16-28(27-26-23)20-10-6-9-19(15-20)24-22-12-5-3-8-18(22)13-14-25-24/h2-15H,16H2,1H3/q+1. The number of aromatic nitrogens is 1. The van der Waals surface area contributed by atoms with E-state index in [0.717, 1.165) is 33.6 Å². The lowest BCUT2D eigenvalue weighted by Gasteiger charge is -2.07. The lowest BCUT2D eigenvalue weighted by atomic mass is 10.0. The maximum Gasteiger partial charge on any atom is 0.231 e. The van der Waals surface area contributed by atoms with Gasteiger partial charge in [0.2, 0.25) is 5.71 Å². The van der Waals surface area contributed by atoms with Crippen molar-refractivity contribution in [2.24, 2.45) is 10.3 Å². The second kappa shape index (κ2) is 6.82. The maximum atomic E-state index is 4.64. The molecule has 1 aromatic heterocycles. The Morgan fingerprint density at radius 1 is 0.857 bits per heavy atom. The number of fused-ring (bicyclic) bond motifs is 1. The van der Waals surface area contributed by atoms with Gasteiger partial charge in [-0.15, -0.1) is 4.70 Å². The second-order valence-corrected chi connectivity index (χ2v) is 6.94. The number of hydrogen-bond acceptors (Lipinski definition) is 3. The van der Waals surface area contributed by atoms with Gasteiger partial charge in [-0.05, 0) is 36.1 Å². The highest BCUT2D eigenvalue weighted by molar-refractivity contribution is 6.03. The summed E-state index contributed by atoms with van der Waals surface area (Å²) in [6, 6.07) is 27.0. The topological polar surface area (TPSA) is 40.6 Å². The molecule has 0 unspecified atom stereocenters. The first kappa shape index (κ1) is 16.5. The fourth-order valence-corrected chi connectivity index (χ4v) is 3.66. The Kier molecular flexibility index (Phi) is 4.02. The van der Waals surface area contributed by atoms with E-state index in [0.29, 0.717) is 6.54 Å². The van der Waals surface area contributed by atoms with Crippen molar-refractivity contribution in [2.75, 3.05) is 6.54 Å². The Morgan fingerprint density at radius 2 is 1.71 bits per heavy atom. The molecule has 28 heavy (non-hydrogen) atoms. The highest BCUT2D eigenvalue weighted by Gasteiger charge is 2.25. The van der Waals surface area contributed by atoms with Crippen LogP contribution in [-0.2, 0) is 0 Å². The molecule has 0 amide bonds. The normalized spacial score (nSPS) is 13.5. The Bertz CT molecular complexity index is 1250. The average Bonchev–Trinajstić information content (AvgIpc) is 3.24. The van der Waals surface area contributed by atoms with Crippen molar-refractivity contribution in [3.05, 3.63) is 96.2 Å². The van der Waals surface area contributed by atoms with Crippen molar-refractivity contribution in [1.82, 2.24) is 4.98 Å². The van der Waals surface area contributed by atoms with Gasteiger partial charge in [0.25, 0.3) is 0 Å². The molecular weight excluding hydrogens is 344 g/mol. The molecule has 0 radical (unpaired) electrons. The second-order valence-electron chi connectivity index (χ2n) is 6.94. The molecule has 1 aliphatic rings. The maximum absolute atomic E-state index is 4.64. The van der Waals surface area contributed by atoms with Gasteiger partial charge in [0, 0.05) is 22.7 Å². The minimum atomic E-state index is 0.664. The van der Waals surface area contributed by atoms with Crippen LogP contribution in [0, 0.1) is 6.92 Å². The molecule has 0 aliphatic carbocycles. The van der Waals surface area contributed by atoms with Crippen molar-refractivity contribution in [3.63, 3.8) is 0 Å². The lowest BCUT2D eigenvalue weighted by molar-refractivity contribution is -0.492. The number of nitrogens with zero attached hydrogens (tertiary/aromatic N) is 4. The summed E-state index contributed by atoms with van der Waals surface area (Å²) in [4.78, 5) is 4.64. The molecule has 1 aliphatic heterocycles. The molecule has 5 rings (SSSR count). The van der Waals surface area contributed by atoms with Crippen LogP contribution in [-0.4, -0.2) is 21.9 Å². The number of benzene rings is 3. The van der Waals surface area contributed by atoms with E-state index in [4.69, 9.17) is 0 Å². The Morgan fingerprint density at radius 3 is 2.64 bits per heavy atom. The van der Waals surface area contributed by atoms with Crippen LogP contribution in [0.1, 0.15) is 11.1 Å². The molecule has 0 fully saturated rings. The van der Waals surface area contributed by atoms with Gasteiger partial charge in [-0.2, -0.15) is 0 Å². The van der Waals surface area contributed by atoms with Crippen LogP contribution >= 0.6 is 0 Å². The van der Waals surface area contributed by atoms with Gasteiger partial charge in [-0.3, -0.25) is 4.98 Å². The highest BCUT2D eigenvalue weighted by Crippen LogP contribution is 2.29. The zero-order valence-electron chi connectivity index (χ0n) is 15.6. The summed E-state index contributed by atoms with van der Waals surface area (Å²) in [7, 11) is 0. The van der Waals surface area contributed by atoms with Gasteiger partial charge in [0.15, 0.2) is 12.2 Å². The van der Waals surface area contributed by atoms with E-state index in [1.165, 1.54) is 10.9 Å². The van der Waals surface area contributed by atoms with Crippen molar-refractivity contribution in [2.45, 2.75) is 6.92 Å². The number of pyridine rings is 1. The molecule has 3 aromatic carbocycles. The summed E-state index contributed by atoms with van der Waals surface area (Å²) in [5.41, 5.74) is 6.44. The van der Waals surface area contributed by atoms with Gasteiger partial charge in [0.05, 0.1) is 10.8 Å². The predicted octanol–water partition coefficient (Wildman–Crippen LogP) is 5.72. The first-order valence-electron chi connectivity index (χ1n) is 9.35. The number of rotatable bonds is 3. The summed E-state index contributed by atoms with van der Waals surface area (Å²) in [5, 5.41) is 11.2. The van der Waals surface area contributed by atoms with Gasteiger partial charge < -0.3 is 0 Å². The third-order valence-electron chi connectivity index (χ3n) is 5.12. The van der Waals surface area contributed by atoms with E-state index in [1.807, 2.05) is 29.1 Å². The van der Waals surface area contributed by atoms with E-state index in [2.05, 4.69) is 82.9 Å². The molecule has 0 atom stereocenters. The van der Waals surface area contributed by atoms with Crippen molar-refractivity contribution in [3.8, 4) is 11.3 Å². The van der Waals surface area contributed by atoms with Crippen molar-refractivity contribution < 1.29 is 4.70 Å². The minimum absolute atomic E-state index is 0.664. The summed E-state index contributed by atoms with van der Waals surface area (Å²) in [6.45, 7) is 2.77. The molecule has 0 N–H and O–H groups in total. The van der Waals surface area contributed by atoms with E-state index in [-0.39, 0.29) is 0 Å². The molecular formula is C24H19N4+. The van der Waals surface area contributed by atoms with Crippen LogP contribution < -0.4 is 0 Å². The van der Waals surface area contributed by atoms with Crippen molar-refractivity contribution >= 4 is 22.2 Å². The molecule has 4 nitrogen and oxygen atoms in total. The molecule has 134 valence electrons. The molecule has 0 spiro atoms. The zero-order valence-corrected chi connectivity index (χ0v) is 15.6. The summed E-state index contributed by atoms with van der Waals surface area (Å²) in [6.07, 6.45) is 1.87. The molecule has 4 heteroatoms. The van der Waals surface area contributed by atoms with Crippen LogP contribution in [0.4, 0.5) is 5.69 Å². The van der Waals surface area contributed by atoms with E-state index in [9.17, 15) is 0 Å². The van der Waals surface area contributed by atoms with Gasteiger partial charge in [-0.1, -0.05) is 60.7 Å². The van der Waals surface area contributed by atoms with Gasteiger partial charge in [0.1, 0.15) is 5.22 Å². The van der Waals surface area contributed by atoms with Gasteiger partial charge in [-0.25, -0.2) is 0 Å². The Labute approximate surface area is 163 Å². The average molecular weight is 363 g/mol. The fraction of sp³-hybridized carbons (Fsp3) is 0.0833. The smallest absolute Gasteiger partial charge is 0.231 e. The van der Waals surface area contributed by atoms with Gasteiger partial charge >= 0.3 is 0 Å². The Balaban J connectivity index is 1.48. The molecule has 0 bridgehead atoms. The van der Waals surface area contributed by atoms with Crippen LogP contribution in [0.15, 0.2) is 95.4 Å². The highest BCUT2D eigenvalue weighted by atomic mass is 15.5. The molecule has 0 saturated carbocycles. The fourth-order valence-electron chi connectivity index (χ4n) is 3.66. The minimum Gasteiger partial charge on any atom is -0.256 e. The third kappa shape index (κ3) is 2.89. The van der Waals surface area contributed by atoms with E-state index in [1.54, 1.807) is 0 Å². The first-order chi connectivity index (χ1) is 13.8. The monoisotopic (exact) mass is 363 g/mol. The zero-order chi connectivity index (χ0) is 18.9. The number of hydrogen-bond donors (Lipinski definition) is 0. The lowest BCUT2D eigenvalue weighted by Crippen LogP contribution is -2.12. The third-order valence-corrected chi connectivity index (χ3v) is 5.12. The molecule has 2 heterocycles. The SMILES string of the molecule is Cc1ccccc1C1=NN=[N+](c2cccc(-c3nccc4ccccc34)c2)C1. The first-order valence-corrected chi connectivity index (χ1v) is 9.35. The van der Waals surface area contributed by atoms with E-state index < -0.39 is 0 Å². The summed E-state index contributed by atoms with van der Waals surface area (Å²) in [5.74, 6) is 0. The van der Waals surface area contributed by atoms with Crippen LogP contribution in [0.5, 0.6) is 0 Å². The predicted molar refractivity (Wildman–Crippen MR) is 112 cm³/mol. The van der Waals surface area contributed by atoms with E-state index >= 15 is 0 Å². The van der Waals surface area contributed by atoms with Crippen molar-refractivity contribution in [1.29, 1.82) is 0 Å². The summed E-state index contributed by atoms with van der Waals surface area (Å²) < 4.78 is 1.94. The molecule has 0 saturated heterocycles. The number of aryl methyl sites for hydroxylation is 1. The largest absolute Gasteiger partial charge is 0.256 e. The quantitative estimate of drug-likeness (QED) is 0.429. The summed E-state index contributed by atoms with van der Waals surface area (Å²) >= 11 is 0. The van der Waals surface area contributed by atoms with Crippen LogP contribution in [0.25, 0.3) is 22.0 Å². The molecule has 4 aromatic rings. The van der Waals surface area contributed by atoms with Crippen LogP contribution in [0.2, 0.25) is 0 Å². The Hall–Kier alpha value is -3.66.